The van der Waals surface area contributed by atoms with E-state index in [1.165, 1.54) is 18.4 Å². The summed E-state index contributed by atoms with van der Waals surface area (Å²) in [7, 11) is 1.32. The molecule has 1 aliphatic heterocycles. The Hall–Kier alpha value is -1.67. The van der Waals surface area contributed by atoms with E-state index in [4.69, 9.17) is 5.73 Å². The van der Waals surface area contributed by atoms with Gasteiger partial charge >= 0.3 is 6.09 Å². The van der Waals surface area contributed by atoms with Crippen molar-refractivity contribution in [3.8, 4) is 0 Å². The molecule has 110 valence electrons. The zero-order valence-electron chi connectivity index (χ0n) is 11.3. The first-order valence-corrected chi connectivity index (χ1v) is 7.30. The molecule has 0 aromatic carbocycles. The van der Waals surface area contributed by atoms with Crippen LogP contribution in [0.1, 0.15) is 21.9 Å². The average Bonchev–Trinajstić information content (AvgIpc) is 3.08. The highest BCUT2D eigenvalue weighted by Crippen LogP contribution is 2.16. The molecular formula is C12H18N4O3S. The lowest BCUT2D eigenvalue weighted by molar-refractivity contribution is 0.0783. The van der Waals surface area contributed by atoms with Gasteiger partial charge in [0.2, 0.25) is 0 Å². The van der Waals surface area contributed by atoms with Crippen molar-refractivity contribution in [1.82, 2.24) is 15.2 Å². The molecule has 0 spiro atoms. The fourth-order valence-electron chi connectivity index (χ4n) is 2.10. The van der Waals surface area contributed by atoms with Crippen LogP contribution < -0.4 is 11.1 Å². The number of methoxy groups -OCH3 is 1. The lowest BCUT2D eigenvalue weighted by Gasteiger charge is -2.15. The van der Waals surface area contributed by atoms with Crippen molar-refractivity contribution < 1.29 is 14.3 Å². The molecule has 1 unspecified atom stereocenters. The van der Waals surface area contributed by atoms with Crippen LogP contribution in [0, 0.1) is 0 Å². The first-order chi connectivity index (χ1) is 9.63. The van der Waals surface area contributed by atoms with Crippen molar-refractivity contribution in [2.45, 2.75) is 18.9 Å². The summed E-state index contributed by atoms with van der Waals surface area (Å²) in [6.07, 6.45) is 0.939. The van der Waals surface area contributed by atoms with Crippen molar-refractivity contribution in [3.05, 3.63) is 16.1 Å². The van der Waals surface area contributed by atoms with Crippen LogP contribution in [0.4, 0.5) is 4.79 Å². The second-order valence-electron chi connectivity index (χ2n) is 4.54. The summed E-state index contributed by atoms with van der Waals surface area (Å²) in [5.74, 6) is -0.0984. The van der Waals surface area contributed by atoms with E-state index in [-0.39, 0.29) is 11.9 Å². The Labute approximate surface area is 121 Å². The van der Waals surface area contributed by atoms with Crippen molar-refractivity contribution in [2.75, 3.05) is 26.7 Å². The van der Waals surface area contributed by atoms with E-state index in [0.717, 1.165) is 11.4 Å². The third-order valence-electron chi connectivity index (χ3n) is 3.11. The zero-order valence-corrected chi connectivity index (χ0v) is 12.1. The lowest BCUT2D eigenvalue weighted by Crippen LogP contribution is -2.38. The number of carbonyl (C=O) groups is 2. The van der Waals surface area contributed by atoms with Crippen molar-refractivity contribution in [3.63, 3.8) is 0 Å². The quantitative estimate of drug-likeness (QED) is 0.828. The molecule has 3 N–H and O–H groups in total. The molecule has 1 saturated heterocycles. The maximum absolute atomic E-state index is 12.3. The summed E-state index contributed by atoms with van der Waals surface area (Å²) in [4.78, 5) is 29.4. The highest BCUT2D eigenvalue weighted by atomic mass is 32.1. The monoisotopic (exact) mass is 298 g/mol. The van der Waals surface area contributed by atoms with Gasteiger partial charge in [0, 0.05) is 24.9 Å². The number of rotatable bonds is 4. The third-order valence-corrected chi connectivity index (χ3v) is 4.02. The number of ether oxygens (including phenoxy) is 1. The Balaban J connectivity index is 1.91. The summed E-state index contributed by atoms with van der Waals surface area (Å²) in [6.45, 7) is 1.62. The number of nitrogens with two attached hydrogens (primary N) is 1. The van der Waals surface area contributed by atoms with Crippen LogP contribution >= 0.6 is 11.3 Å². The molecule has 1 atom stereocenters. The van der Waals surface area contributed by atoms with Gasteiger partial charge in [-0.25, -0.2) is 9.78 Å². The van der Waals surface area contributed by atoms with Gasteiger partial charge in [-0.2, -0.15) is 0 Å². The SMILES string of the molecule is COC(=O)NC1CCN(C(=O)c2csc(CCN)n2)C1. The number of amides is 2. The number of nitrogens with zero attached hydrogens (tertiary/aromatic N) is 2. The van der Waals surface area contributed by atoms with Gasteiger partial charge in [-0.1, -0.05) is 0 Å². The van der Waals surface area contributed by atoms with Crippen LogP contribution in [0.15, 0.2) is 5.38 Å². The fourth-order valence-corrected chi connectivity index (χ4v) is 2.89. The predicted molar refractivity (Wildman–Crippen MR) is 74.7 cm³/mol. The van der Waals surface area contributed by atoms with E-state index in [0.29, 0.717) is 31.7 Å². The van der Waals surface area contributed by atoms with Gasteiger partial charge in [0.15, 0.2) is 0 Å². The van der Waals surface area contributed by atoms with Crippen LogP contribution in [0.2, 0.25) is 0 Å². The molecule has 0 aliphatic carbocycles. The van der Waals surface area contributed by atoms with Gasteiger partial charge in [-0.3, -0.25) is 4.79 Å². The van der Waals surface area contributed by atoms with Crippen molar-refractivity contribution in [1.29, 1.82) is 0 Å². The second kappa shape index (κ2) is 6.67. The van der Waals surface area contributed by atoms with Crippen LogP contribution in [-0.2, 0) is 11.2 Å². The average molecular weight is 298 g/mol. The lowest BCUT2D eigenvalue weighted by atomic mass is 10.3. The van der Waals surface area contributed by atoms with E-state index < -0.39 is 6.09 Å². The van der Waals surface area contributed by atoms with Crippen molar-refractivity contribution >= 4 is 23.3 Å². The number of thiazole rings is 1. The Bertz CT molecular complexity index is 491. The maximum atomic E-state index is 12.3. The Morgan fingerprint density at radius 3 is 3.15 bits per heavy atom. The summed E-state index contributed by atoms with van der Waals surface area (Å²) >= 11 is 1.45. The maximum Gasteiger partial charge on any atom is 0.407 e. The molecule has 0 radical (unpaired) electrons. The minimum absolute atomic E-state index is 0.0615. The highest BCUT2D eigenvalue weighted by molar-refractivity contribution is 7.09. The number of carbonyl (C=O) groups excluding carboxylic acids is 2. The molecule has 2 amide bonds. The van der Waals surface area contributed by atoms with E-state index in [9.17, 15) is 9.59 Å². The van der Waals surface area contributed by atoms with Gasteiger partial charge in [0.1, 0.15) is 5.69 Å². The summed E-state index contributed by atoms with van der Waals surface area (Å²) < 4.78 is 4.55. The van der Waals surface area contributed by atoms with Crippen LogP contribution in [0.3, 0.4) is 0 Å². The molecule has 7 nitrogen and oxygen atoms in total. The Morgan fingerprint density at radius 1 is 1.65 bits per heavy atom. The zero-order chi connectivity index (χ0) is 14.5. The smallest absolute Gasteiger partial charge is 0.407 e. The topological polar surface area (TPSA) is 97.5 Å². The van der Waals surface area contributed by atoms with E-state index >= 15 is 0 Å². The number of nitrogens with one attached hydrogen (secondary N) is 1. The van der Waals surface area contributed by atoms with Crippen LogP contribution in [-0.4, -0.2) is 54.7 Å². The molecule has 1 aromatic rings. The molecular weight excluding hydrogens is 280 g/mol. The number of aromatic nitrogens is 1. The number of hydrogen-bond donors (Lipinski definition) is 2. The van der Waals surface area contributed by atoms with Gasteiger partial charge in [-0.15, -0.1) is 11.3 Å². The van der Waals surface area contributed by atoms with E-state index in [2.05, 4.69) is 15.0 Å². The predicted octanol–water partition coefficient (Wildman–Crippen LogP) is 0.215. The minimum atomic E-state index is -0.469. The molecule has 1 aliphatic rings. The standard InChI is InChI=1S/C12H18N4O3S/c1-19-12(18)14-8-3-5-16(6-8)11(17)9-7-20-10(15-9)2-4-13/h7-8H,2-6,13H2,1H3,(H,14,18). The fraction of sp³-hybridized carbons (Fsp3) is 0.583. The minimum Gasteiger partial charge on any atom is -0.453 e. The molecule has 1 fully saturated rings. The van der Waals surface area contributed by atoms with E-state index in [1.54, 1.807) is 10.3 Å². The molecule has 0 bridgehead atoms. The van der Waals surface area contributed by atoms with Crippen LogP contribution in [0.5, 0.6) is 0 Å². The number of likely N-dealkylation sites (tertiary alicyclic amines) is 1. The van der Waals surface area contributed by atoms with Gasteiger partial charge in [-0.05, 0) is 13.0 Å². The molecule has 2 rings (SSSR count). The summed E-state index contributed by atoms with van der Waals surface area (Å²) in [5, 5.41) is 5.33. The summed E-state index contributed by atoms with van der Waals surface area (Å²) in [6, 6.07) is -0.0615. The van der Waals surface area contributed by atoms with E-state index in [1.807, 2.05) is 0 Å². The van der Waals surface area contributed by atoms with Crippen LogP contribution in [0.25, 0.3) is 0 Å². The molecule has 8 heteroatoms. The van der Waals surface area contributed by atoms with Gasteiger partial charge < -0.3 is 20.7 Å². The highest BCUT2D eigenvalue weighted by Gasteiger charge is 2.29. The number of alkyl carbamates (subject to hydrolysis) is 1. The Morgan fingerprint density at radius 2 is 2.45 bits per heavy atom. The number of hydrogen-bond acceptors (Lipinski definition) is 6. The van der Waals surface area contributed by atoms with Crippen molar-refractivity contribution in [2.24, 2.45) is 5.73 Å². The normalized spacial score (nSPS) is 18.1. The van der Waals surface area contributed by atoms with Gasteiger partial charge in [0.25, 0.3) is 5.91 Å². The second-order valence-corrected chi connectivity index (χ2v) is 5.48. The first-order valence-electron chi connectivity index (χ1n) is 6.42. The molecule has 1 aromatic heterocycles. The third kappa shape index (κ3) is 3.45. The summed E-state index contributed by atoms with van der Waals surface area (Å²) in [5.41, 5.74) is 5.92. The largest absolute Gasteiger partial charge is 0.453 e. The van der Waals surface area contributed by atoms with Gasteiger partial charge in [0.05, 0.1) is 18.2 Å². The Kier molecular flexibility index (Phi) is 4.91. The molecule has 0 saturated carbocycles. The first kappa shape index (κ1) is 14.7. The molecule has 20 heavy (non-hydrogen) atoms. The molecule has 2 heterocycles.